The fourth-order valence-electron chi connectivity index (χ4n) is 4.71. The zero-order chi connectivity index (χ0) is 26.8. The van der Waals surface area contributed by atoms with Gasteiger partial charge in [0.2, 0.25) is 0 Å². The highest BCUT2D eigenvalue weighted by Crippen LogP contribution is 2.37. The van der Waals surface area contributed by atoms with Crippen LogP contribution in [0.3, 0.4) is 0 Å². The SMILES string of the molecule is O=C1c2ccccc2C(=O)c2c(NCCc3ccc(O)cc3O)ccc(NCCc3ccc(O)cc3O)c21. The quantitative estimate of drug-likeness (QED) is 0.178. The standard InChI is InChI=1S/C30H26N2O6/c33-19-7-5-17(25(35)15-19)11-13-31-23-9-10-24(32-14-12-18-6-8-20(34)16-26(18)36)28-27(23)29(37)21-3-1-2-4-22(21)30(28)38/h1-10,15-16,31-36H,11-14H2. The summed E-state index contributed by atoms with van der Waals surface area (Å²) in [4.78, 5) is 27.2. The third-order valence-electron chi connectivity index (χ3n) is 6.63. The molecular weight excluding hydrogens is 484 g/mol. The number of hydrogen-bond donors (Lipinski definition) is 6. The topological polar surface area (TPSA) is 139 Å². The molecule has 0 saturated heterocycles. The number of fused-ring (bicyclic) bond motifs is 2. The molecule has 192 valence electrons. The van der Waals surface area contributed by atoms with E-state index in [1.807, 2.05) is 0 Å². The maximum absolute atomic E-state index is 13.6. The molecule has 5 rings (SSSR count). The molecule has 0 atom stereocenters. The van der Waals surface area contributed by atoms with Crippen molar-refractivity contribution in [2.45, 2.75) is 12.8 Å². The molecule has 1 aliphatic carbocycles. The number of rotatable bonds is 8. The zero-order valence-corrected chi connectivity index (χ0v) is 20.4. The van der Waals surface area contributed by atoms with Gasteiger partial charge in [0.05, 0.1) is 11.1 Å². The molecule has 0 fully saturated rings. The van der Waals surface area contributed by atoms with Gasteiger partial charge < -0.3 is 31.1 Å². The van der Waals surface area contributed by atoms with E-state index in [0.29, 0.717) is 59.6 Å². The number of carbonyl (C=O) groups is 2. The van der Waals surface area contributed by atoms with Gasteiger partial charge in [-0.3, -0.25) is 9.59 Å². The number of phenols is 4. The Balaban J connectivity index is 1.42. The van der Waals surface area contributed by atoms with E-state index >= 15 is 0 Å². The molecule has 0 saturated carbocycles. The van der Waals surface area contributed by atoms with Crippen molar-refractivity contribution in [3.8, 4) is 23.0 Å². The number of phenolic OH excluding ortho intramolecular Hbond substituents is 4. The summed E-state index contributed by atoms with van der Waals surface area (Å²) in [5, 5.41) is 45.6. The predicted molar refractivity (Wildman–Crippen MR) is 144 cm³/mol. The molecule has 0 heterocycles. The smallest absolute Gasteiger partial charge is 0.196 e. The summed E-state index contributed by atoms with van der Waals surface area (Å²) in [6, 6.07) is 19.0. The Morgan fingerprint density at radius 2 is 0.974 bits per heavy atom. The number of aromatic hydroxyl groups is 4. The van der Waals surface area contributed by atoms with Crippen LogP contribution in [0.15, 0.2) is 72.8 Å². The molecule has 0 aromatic heterocycles. The van der Waals surface area contributed by atoms with E-state index in [9.17, 15) is 30.0 Å². The van der Waals surface area contributed by atoms with E-state index in [1.165, 1.54) is 24.3 Å². The third kappa shape index (κ3) is 4.71. The average Bonchev–Trinajstić information content (AvgIpc) is 2.90. The first-order valence-corrected chi connectivity index (χ1v) is 12.2. The van der Waals surface area contributed by atoms with Crippen molar-refractivity contribution in [1.82, 2.24) is 0 Å². The van der Waals surface area contributed by atoms with E-state index in [2.05, 4.69) is 10.6 Å². The minimum atomic E-state index is -0.259. The van der Waals surface area contributed by atoms with Crippen molar-refractivity contribution in [1.29, 1.82) is 0 Å². The van der Waals surface area contributed by atoms with Crippen molar-refractivity contribution >= 4 is 22.9 Å². The Hall–Kier alpha value is -4.98. The number of hydrogen-bond acceptors (Lipinski definition) is 8. The first kappa shape index (κ1) is 24.7. The van der Waals surface area contributed by atoms with Crippen LogP contribution < -0.4 is 10.6 Å². The van der Waals surface area contributed by atoms with Crippen LogP contribution in [0.2, 0.25) is 0 Å². The van der Waals surface area contributed by atoms with E-state index in [-0.39, 0.29) is 45.7 Å². The Morgan fingerprint density at radius 3 is 1.37 bits per heavy atom. The molecule has 0 amide bonds. The van der Waals surface area contributed by atoms with Gasteiger partial charge in [0.25, 0.3) is 0 Å². The molecule has 1 aliphatic rings. The van der Waals surface area contributed by atoms with Gasteiger partial charge in [-0.15, -0.1) is 0 Å². The lowest BCUT2D eigenvalue weighted by Gasteiger charge is -2.24. The Bertz CT molecular complexity index is 1450. The van der Waals surface area contributed by atoms with Gasteiger partial charge in [-0.25, -0.2) is 0 Å². The lowest BCUT2D eigenvalue weighted by atomic mass is 9.82. The van der Waals surface area contributed by atoms with Gasteiger partial charge in [0, 0.05) is 47.7 Å². The second kappa shape index (κ2) is 10.2. The molecule has 38 heavy (non-hydrogen) atoms. The zero-order valence-electron chi connectivity index (χ0n) is 20.4. The molecule has 0 radical (unpaired) electrons. The summed E-state index contributed by atoms with van der Waals surface area (Å²) in [5.74, 6) is -0.615. The Morgan fingerprint density at radius 1 is 0.553 bits per heavy atom. The highest BCUT2D eigenvalue weighted by Gasteiger charge is 2.33. The summed E-state index contributed by atoms with van der Waals surface area (Å²) in [6.07, 6.45) is 0.853. The second-order valence-electron chi connectivity index (χ2n) is 9.09. The maximum Gasteiger partial charge on any atom is 0.196 e. The largest absolute Gasteiger partial charge is 0.508 e. The van der Waals surface area contributed by atoms with Crippen LogP contribution in [-0.2, 0) is 12.8 Å². The first-order valence-electron chi connectivity index (χ1n) is 12.2. The highest BCUT2D eigenvalue weighted by molar-refractivity contribution is 6.31. The number of carbonyl (C=O) groups excluding carboxylic acids is 2. The molecule has 0 spiro atoms. The van der Waals surface area contributed by atoms with Gasteiger partial charge in [0.15, 0.2) is 11.6 Å². The van der Waals surface area contributed by atoms with Gasteiger partial charge in [-0.1, -0.05) is 36.4 Å². The molecule has 4 aromatic carbocycles. The third-order valence-corrected chi connectivity index (χ3v) is 6.63. The summed E-state index contributed by atoms with van der Waals surface area (Å²) < 4.78 is 0. The average molecular weight is 511 g/mol. The minimum absolute atomic E-state index is 0.0202. The van der Waals surface area contributed by atoms with Gasteiger partial charge in [-0.05, 0) is 48.2 Å². The van der Waals surface area contributed by atoms with E-state index in [4.69, 9.17) is 0 Å². The molecule has 4 aromatic rings. The van der Waals surface area contributed by atoms with E-state index in [1.54, 1.807) is 48.5 Å². The van der Waals surface area contributed by atoms with Crippen molar-refractivity contribution in [3.63, 3.8) is 0 Å². The Labute approximate surface area is 218 Å². The second-order valence-corrected chi connectivity index (χ2v) is 9.09. The highest BCUT2D eigenvalue weighted by atomic mass is 16.3. The number of anilines is 2. The van der Waals surface area contributed by atoms with Crippen LogP contribution in [0.4, 0.5) is 11.4 Å². The Kier molecular flexibility index (Phi) is 6.62. The van der Waals surface area contributed by atoms with Crippen molar-refractivity contribution in [2.24, 2.45) is 0 Å². The number of nitrogens with one attached hydrogen (secondary N) is 2. The van der Waals surface area contributed by atoms with Crippen LogP contribution in [0.25, 0.3) is 0 Å². The van der Waals surface area contributed by atoms with Crippen molar-refractivity contribution < 1.29 is 30.0 Å². The lowest BCUT2D eigenvalue weighted by Crippen LogP contribution is -2.25. The molecule has 0 unspecified atom stereocenters. The summed E-state index contributed by atoms with van der Waals surface area (Å²) in [7, 11) is 0. The van der Waals surface area contributed by atoms with Crippen molar-refractivity contribution in [3.05, 3.63) is 106 Å². The van der Waals surface area contributed by atoms with Crippen LogP contribution in [0.5, 0.6) is 23.0 Å². The van der Waals surface area contributed by atoms with Crippen molar-refractivity contribution in [2.75, 3.05) is 23.7 Å². The van der Waals surface area contributed by atoms with Crippen LogP contribution in [0, 0.1) is 0 Å². The summed E-state index contributed by atoms with van der Waals surface area (Å²) in [5.41, 5.74) is 3.52. The molecule has 6 N–H and O–H groups in total. The molecule has 0 aliphatic heterocycles. The van der Waals surface area contributed by atoms with Gasteiger partial charge >= 0.3 is 0 Å². The molecule has 8 nitrogen and oxygen atoms in total. The first-order chi connectivity index (χ1) is 18.3. The summed E-state index contributed by atoms with van der Waals surface area (Å²) >= 11 is 0. The van der Waals surface area contributed by atoms with Crippen LogP contribution >= 0.6 is 0 Å². The van der Waals surface area contributed by atoms with E-state index in [0.717, 1.165) is 0 Å². The monoisotopic (exact) mass is 510 g/mol. The number of benzene rings is 4. The molecule has 0 bridgehead atoms. The normalized spacial score (nSPS) is 12.1. The fourth-order valence-corrected chi connectivity index (χ4v) is 4.71. The minimum Gasteiger partial charge on any atom is -0.508 e. The predicted octanol–water partition coefficient (Wildman–Crippen LogP) is 4.59. The fraction of sp³-hybridized carbons (Fsp3) is 0.133. The molecular formula is C30H26N2O6. The lowest BCUT2D eigenvalue weighted by molar-refractivity contribution is 0.0980. The maximum atomic E-state index is 13.6. The molecule has 8 heteroatoms. The van der Waals surface area contributed by atoms with Crippen LogP contribution in [0.1, 0.15) is 43.0 Å². The van der Waals surface area contributed by atoms with Gasteiger partial charge in [0.1, 0.15) is 23.0 Å². The van der Waals surface area contributed by atoms with Crippen LogP contribution in [-0.4, -0.2) is 45.1 Å². The van der Waals surface area contributed by atoms with E-state index < -0.39 is 0 Å². The number of ketones is 2. The van der Waals surface area contributed by atoms with Gasteiger partial charge in [-0.2, -0.15) is 0 Å². The summed E-state index contributed by atoms with van der Waals surface area (Å²) in [6.45, 7) is 0.752.